The first-order valence-electron chi connectivity index (χ1n) is 8.89. The van der Waals surface area contributed by atoms with Crippen LogP contribution in [0, 0.1) is 11.8 Å². The van der Waals surface area contributed by atoms with Crippen LogP contribution >= 0.6 is 0 Å². The fraction of sp³-hybridized carbons (Fsp3) is 0.941. The van der Waals surface area contributed by atoms with E-state index >= 15 is 0 Å². The minimum Gasteiger partial charge on any atom is -0.353 e. The van der Waals surface area contributed by atoms with Gasteiger partial charge in [0.2, 0.25) is 5.91 Å². The Morgan fingerprint density at radius 2 is 1.71 bits per heavy atom. The Balaban J connectivity index is 1.49. The van der Waals surface area contributed by atoms with Crippen molar-refractivity contribution in [2.75, 3.05) is 13.6 Å². The van der Waals surface area contributed by atoms with E-state index in [9.17, 15) is 4.79 Å². The van der Waals surface area contributed by atoms with Gasteiger partial charge >= 0.3 is 0 Å². The standard InChI is InChI=1S/C17H31N3O/c1-20-15-3-2-4-16(20)10-14(9-15)19-17(21)13-7-5-12(11-18)6-8-13/h12-16H,2-11,18H2,1H3,(H,19,21). The Morgan fingerprint density at radius 1 is 1.10 bits per heavy atom. The molecule has 2 bridgehead atoms. The zero-order chi connectivity index (χ0) is 14.8. The van der Waals surface area contributed by atoms with Crippen molar-refractivity contribution < 1.29 is 4.79 Å². The molecule has 0 spiro atoms. The van der Waals surface area contributed by atoms with Crippen LogP contribution in [0.25, 0.3) is 0 Å². The summed E-state index contributed by atoms with van der Waals surface area (Å²) in [5, 5.41) is 3.37. The van der Waals surface area contributed by atoms with Crippen LogP contribution < -0.4 is 11.1 Å². The molecule has 0 aromatic carbocycles. The van der Waals surface area contributed by atoms with Gasteiger partial charge in [-0.1, -0.05) is 6.42 Å². The second-order valence-corrected chi connectivity index (χ2v) is 7.53. The monoisotopic (exact) mass is 293 g/mol. The summed E-state index contributed by atoms with van der Waals surface area (Å²) in [7, 11) is 2.26. The molecule has 2 atom stereocenters. The van der Waals surface area contributed by atoms with Crippen molar-refractivity contribution in [2.45, 2.75) is 75.9 Å². The topological polar surface area (TPSA) is 58.4 Å². The Hall–Kier alpha value is -0.610. The van der Waals surface area contributed by atoms with Gasteiger partial charge < -0.3 is 16.0 Å². The van der Waals surface area contributed by atoms with Crippen LogP contribution in [-0.2, 0) is 4.79 Å². The van der Waals surface area contributed by atoms with Crippen molar-refractivity contribution in [2.24, 2.45) is 17.6 Å². The predicted octanol–water partition coefficient (Wildman–Crippen LogP) is 1.88. The molecule has 2 aliphatic heterocycles. The van der Waals surface area contributed by atoms with Crippen molar-refractivity contribution in [1.29, 1.82) is 0 Å². The van der Waals surface area contributed by atoms with Gasteiger partial charge in [-0.05, 0) is 70.9 Å². The SMILES string of the molecule is CN1C2CCCC1CC(NC(=O)C1CCC(CN)CC1)C2. The lowest BCUT2D eigenvalue weighted by Crippen LogP contribution is -2.56. The van der Waals surface area contributed by atoms with Crippen LogP contribution in [0.1, 0.15) is 57.8 Å². The average molecular weight is 293 g/mol. The number of carbonyl (C=O) groups is 1. The molecule has 3 N–H and O–H groups in total. The molecule has 4 nitrogen and oxygen atoms in total. The molecule has 3 aliphatic rings. The fourth-order valence-corrected chi connectivity index (χ4v) is 4.71. The highest BCUT2D eigenvalue weighted by molar-refractivity contribution is 5.79. The summed E-state index contributed by atoms with van der Waals surface area (Å²) in [5.74, 6) is 1.21. The van der Waals surface area contributed by atoms with Crippen LogP contribution in [0.2, 0.25) is 0 Å². The van der Waals surface area contributed by atoms with Crippen molar-refractivity contribution in [3.63, 3.8) is 0 Å². The van der Waals surface area contributed by atoms with Gasteiger partial charge in [0.25, 0.3) is 0 Å². The molecule has 120 valence electrons. The molecule has 2 saturated heterocycles. The molecule has 0 aromatic heterocycles. The number of hydrogen-bond acceptors (Lipinski definition) is 3. The van der Waals surface area contributed by atoms with Crippen LogP contribution in [0.4, 0.5) is 0 Å². The second-order valence-electron chi connectivity index (χ2n) is 7.53. The minimum atomic E-state index is 0.243. The van der Waals surface area contributed by atoms with E-state index in [4.69, 9.17) is 5.73 Å². The summed E-state index contributed by atoms with van der Waals surface area (Å²) in [4.78, 5) is 15.1. The molecule has 3 fully saturated rings. The highest BCUT2D eigenvalue weighted by atomic mass is 16.1. The maximum Gasteiger partial charge on any atom is 0.223 e. The predicted molar refractivity (Wildman–Crippen MR) is 84.9 cm³/mol. The molecule has 2 heterocycles. The zero-order valence-corrected chi connectivity index (χ0v) is 13.4. The van der Waals surface area contributed by atoms with Gasteiger partial charge in [-0.3, -0.25) is 4.79 Å². The molecule has 4 heteroatoms. The summed E-state index contributed by atoms with van der Waals surface area (Å²) < 4.78 is 0. The third-order valence-electron chi connectivity index (χ3n) is 6.24. The first-order valence-corrected chi connectivity index (χ1v) is 8.89. The van der Waals surface area contributed by atoms with Crippen molar-refractivity contribution in [3.05, 3.63) is 0 Å². The van der Waals surface area contributed by atoms with E-state index in [1.54, 1.807) is 0 Å². The normalized spacial score (nSPS) is 40.8. The van der Waals surface area contributed by atoms with E-state index in [2.05, 4.69) is 17.3 Å². The third-order valence-corrected chi connectivity index (χ3v) is 6.24. The number of hydrogen-bond donors (Lipinski definition) is 2. The summed E-state index contributed by atoms with van der Waals surface area (Å²) in [6.07, 6.45) is 10.6. The van der Waals surface area contributed by atoms with Crippen molar-refractivity contribution >= 4 is 5.91 Å². The number of fused-ring (bicyclic) bond motifs is 2. The van der Waals surface area contributed by atoms with Crippen molar-refractivity contribution in [1.82, 2.24) is 10.2 Å². The second kappa shape index (κ2) is 6.66. The maximum atomic E-state index is 12.5. The van der Waals surface area contributed by atoms with Gasteiger partial charge in [0, 0.05) is 24.0 Å². The first kappa shape index (κ1) is 15.3. The van der Waals surface area contributed by atoms with E-state index in [-0.39, 0.29) is 5.92 Å². The van der Waals surface area contributed by atoms with Gasteiger partial charge in [-0.15, -0.1) is 0 Å². The fourth-order valence-electron chi connectivity index (χ4n) is 4.71. The lowest BCUT2D eigenvalue weighted by atomic mass is 9.80. The van der Waals surface area contributed by atoms with Gasteiger partial charge in [-0.25, -0.2) is 0 Å². The number of rotatable bonds is 3. The molecule has 2 unspecified atom stereocenters. The number of nitrogens with zero attached hydrogens (tertiary/aromatic N) is 1. The molecule has 0 radical (unpaired) electrons. The van der Waals surface area contributed by atoms with E-state index in [0.29, 0.717) is 30.0 Å². The highest BCUT2D eigenvalue weighted by Crippen LogP contribution is 2.33. The third kappa shape index (κ3) is 3.42. The van der Waals surface area contributed by atoms with E-state index in [1.165, 1.54) is 19.3 Å². The molecule has 0 aromatic rings. The minimum absolute atomic E-state index is 0.243. The van der Waals surface area contributed by atoms with Crippen LogP contribution in [0.15, 0.2) is 0 Å². The molecular formula is C17H31N3O. The molecule has 1 saturated carbocycles. The summed E-state index contributed by atoms with van der Waals surface area (Å²) in [5.41, 5.74) is 5.73. The molecule has 21 heavy (non-hydrogen) atoms. The quantitative estimate of drug-likeness (QED) is 0.835. The molecule has 3 rings (SSSR count). The zero-order valence-electron chi connectivity index (χ0n) is 13.4. The largest absolute Gasteiger partial charge is 0.353 e. The number of piperidine rings is 2. The van der Waals surface area contributed by atoms with Crippen LogP contribution in [-0.4, -0.2) is 42.5 Å². The molecule has 1 aliphatic carbocycles. The Kier molecular flexibility index (Phi) is 4.85. The summed E-state index contributed by atoms with van der Waals surface area (Å²) in [6, 6.07) is 1.79. The van der Waals surface area contributed by atoms with Crippen LogP contribution in [0.5, 0.6) is 0 Å². The maximum absolute atomic E-state index is 12.5. The first-order chi connectivity index (χ1) is 10.2. The lowest BCUT2D eigenvalue weighted by Gasteiger charge is -2.47. The van der Waals surface area contributed by atoms with E-state index < -0.39 is 0 Å². The Morgan fingerprint density at radius 3 is 2.29 bits per heavy atom. The molecule has 1 amide bonds. The Labute approximate surface area is 128 Å². The van der Waals surface area contributed by atoms with Gasteiger partial charge in [-0.2, -0.15) is 0 Å². The van der Waals surface area contributed by atoms with Crippen LogP contribution in [0.3, 0.4) is 0 Å². The molecular weight excluding hydrogens is 262 g/mol. The number of nitrogens with two attached hydrogens (primary N) is 1. The Bertz CT molecular complexity index is 351. The summed E-state index contributed by atoms with van der Waals surface area (Å²) >= 11 is 0. The van der Waals surface area contributed by atoms with E-state index in [1.807, 2.05) is 0 Å². The number of nitrogens with one attached hydrogen (secondary N) is 1. The number of amides is 1. The smallest absolute Gasteiger partial charge is 0.223 e. The lowest BCUT2D eigenvalue weighted by molar-refractivity contribution is -0.127. The van der Waals surface area contributed by atoms with E-state index in [0.717, 1.165) is 45.1 Å². The average Bonchev–Trinajstić information content (AvgIpc) is 2.48. The van der Waals surface area contributed by atoms with Gasteiger partial charge in [0.1, 0.15) is 0 Å². The van der Waals surface area contributed by atoms with Crippen molar-refractivity contribution in [3.8, 4) is 0 Å². The van der Waals surface area contributed by atoms with Gasteiger partial charge in [0.05, 0.1) is 0 Å². The number of carbonyl (C=O) groups excluding carboxylic acids is 1. The van der Waals surface area contributed by atoms with Gasteiger partial charge in [0.15, 0.2) is 0 Å². The summed E-state index contributed by atoms with van der Waals surface area (Å²) in [6.45, 7) is 0.784. The highest BCUT2D eigenvalue weighted by Gasteiger charge is 2.37.